The van der Waals surface area contributed by atoms with E-state index >= 15 is 0 Å². The van der Waals surface area contributed by atoms with Crippen LogP contribution in [0.1, 0.15) is 6.42 Å². The molecule has 1 fully saturated rings. The Hall–Kier alpha value is -0.650. The maximum absolute atomic E-state index is 11.0. The first-order valence-corrected chi connectivity index (χ1v) is 5.01. The van der Waals surface area contributed by atoms with Gasteiger partial charge in [-0.2, -0.15) is 0 Å². The number of hydrogen-bond acceptors (Lipinski definition) is 4. The lowest BCUT2D eigenvalue weighted by atomic mass is 10.2. The maximum atomic E-state index is 11.0. The molecule has 0 aromatic carbocycles. The molecule has 5 nitrogen and oxygen atoms in total. The number of hydrogen-bond donors (Lipinski definition) is 2. The van der Waals surface area contributed by atoms with Crippen molar-refractivity contribution in [1.82, 2.24) is 10.2 Å². The largest absolute Gasteiger partial charge is 0.374 e. The molecule has 82 valence electrons. The van der Waals surface area contributed by atoms with Crippen LogP contribution in [0.15, 0.2) is 0 Å². The summed E-state index contributed by atoms with van der Waals surface area (Å²) in [5.74, 6) is 0.0841. The molecule has 1 heterocycles. The van der Waals surface area contributed by atoms with Gasteiger partial charge in [0, 0.05) is 39.6 Å². The molecule has 1 unspecified atom stereocenters. The van der Waals surface area contributed by atoms with Crippen LogP contribution in [0, 0.1) is 0 Å². The van der Waals surface area contributed by atoms with Gasteiger partial charge in [0.05, 0.1) is 12.7 Å². The standard InChI is InChI=1S/C9H19N3O2/c1-11-9(13)2-3-12-4-5-14-8(6-10)7-12/h8H,2-7,10H2,1H3,(H,11,13). The number of morpholine rings is 1. The van der Waals surface area contributed by atoms with Gasteiger partial charge in [0.15, 0.2) is 0 Å². The number of rotatable bonds is 4. The molecular formula is C9H19N3O2. The molecular weight excluding hydrogens is 182 g/mol. The number of nitrogens with two attached hydrogens (primary N) is 1. The molecule has 14 heavy (non-hydrogen) atoms. The van der Waals surface area contributed by atoms with E-state index in [2.05, 4.69) is 10.2 Å². The van der Waals surface area contributed by atoms with Gasteiger partial charge in [-0.3, -0.25) is 9.69 Å². The molecule has 3 N–H and O–H groups in total. The predicted octanol–water partition coefficient (Wildman–Crippen LogP) is -1.22. The fourth-order valence-electron chi connectivity index (χ4n) is 1.51. The fourth-order valence-corrected chi connectivity index (χ4v) is 1.51. The van der Waals surface area contributed by atoms with E-state index in [-0.39, 0.29) is 12.0 Å². The molecule has 1 atom stereocenters. The van der Waals surface area contributed by atoms with Crippen LogP contribution in [-0.2, 0) is 9.53 Å². The minimum atomic E-state index is 0.0841. The molecule has 0 aromatic heterocycles. The molecule has 0 saturated carbocycles. The number of nitrogens with zero attached hydrogens (tertiary/aromatic N) is 1. The molecule has 1 saturated heterocycles. The highest BCUT2D eigenvalue weighted by atomic mass is 16.5. The van der Waals surface area contributed by atoms with Crippen LogP contribution >= 0.6 is 0 Å². The molecule has 0 spiro atoms. The van der Waals surface area contributed by atoms with E-state index in [4.69, 9.17) is 10.5 Å². The average Bonchev–Trinajstić information content (AvgIpc) is 2.26. The minimum absolute atomic E-state index is 0.0841. The Morgan fingerprint density at radius 1 is 1.71 bits per heavy atom. The Morgan fingerprint density at radius 3 is 3.14 bits per heavy atom. The molecule has 1 aliphatic rings. The first kappa shape index (κ1) is 11.4. The minimum Gasteiger partial charge on any atom is -0.374 e. The van der Waals surface area contributed by atoms with Crippen molar-refractivity contribution in [2.75, 3.05) is 39.8 Å². The van der Waals surface area contributed by atoms with E-state index in [1.54, 1.807) is 7.05 Å². The summed E-state index contributed by atoms with van der Waals surface area (Å²) in [5.41, 5.74) is 5.52. The normalized spacial score (nSPS) is 23.4. The zero-order valence-electron chi connectivity index (χ0n) is 8.66. The van der Waals surface area contributed by atoms with Gasteiger partial charge in [-0.25, -0.2) is 0 Å². The molecule has 0 aromatic rings. The molecule has 0 bridgehead atoms. The molecule has 5 heteroatoms. The van der Waals surface area contributed by atoms with Gasteiger partial charge < -0.3 is 15.8 Å². The predicted molar refractivity (Wildman–Crippen MR) is 53.9 cm³/mol. The van der Waals surface area contributed by atoms with Crippen molar-refractivity contribution in [1.29, 1.82) is 0 Å². The number of carbonyl (C=O) groups excluding carboxylic acids is 1. The highest BCUT2D eigenvalue weighted by Crippen LogP contribution is 2.04. The topological polar surface area (TPSA) is 67.6 Å². The third-order valence-corrected chi connectivity index (χ3v) is 2.42. The summed E-state index contributed by atoms with van der Waals surface area (Å²) in [7, 11) is 1.66. The van der Waals surface area contributed by atoms with Gasteiger partial charge in [-0.15, -0.1) is 0 Å². The van der Waals surface area contributed by atoms with Gasteiger partial charge in [0.25, 0.3) is 0 Å². The Kier molecular flexibility index (Phi) is 4.86. The summed E-state index contributed by atoms with van der Waals surface area (Å²) in [6.07, 6.45) is 0.682. The van der Waals surface area contributed by atoms with Gasteiger partial charge in [-0.1, -0.05) is 0 Å². The highest BCUT2D eigenvalue weighted by Gasteiger charge is 2.18. The van der Waals surface area contributed by atoms with Crippen LogP contribution in [0.5, 0.6) is 0 Å². The lowest BCUT2D eigenvalue weighted by Crippen LogP contribution is -2.46. The van der Waals surface area contributed by atoms with Crippen molar-refractivity contribution < 1.29 is 9.53 Å². The van der Waals surface area contributed by atoms with Gasteiger partial charge in [-0.05, 0) is 0 Å². The van der Waals surface area contributed by atoms with E-state index in [0.29, 0.717) is 13.0 Å². The van der Waals surface area contributed by atoms with Crippen LogP contribution in [0.25, 0.3) is 0 Å². The summed E-state index contributed by atoms with van der Waals surface area (Å²) in [6.45, 7) is 3.80. The summed E-state index contributed by atoms with van der Waals surface area (Å²) >= 11 is 0. The van der Waals surface area contributed by atoms with Crippen LogP contribution in [-0.4, -0.2) is 56.7 Å². The Labute approximate surface area is 84.6 Å². The van der Waals surface area contributed by atoms with Crippen molar-refractivity contribution in [3.8, 4) is 0 Å². The van der Waals surface area contributed by atoms with E-state index < -0.39 is 0 Å². The van der Waals surface area contributed by atoms with Gasteiger partial charge in [0.1, 0.15) is 0 Å². The molecule has 1 aliphatic heterocycles. The number of nitrogens with one attached hydrogen (secondary N) is 1. The monoisotopic (exact) mass is 201 g/mol. The second-order valence-corrected chi connectivity index (χ2v) is 3.45. The zero-order chi connectivity index (χ0) is 10.4. The Bertz CT molecular complexity index is 187. The Balaban J connectivity index is 2.20. The van der Waals surface area contributed by atoms with E-state index in [1.165, 1.54) is 0 Å². The van der Waals surface area contributed by atoms with Crippen LogP contribution in [0.2, 0.25) is 0 Å². The first-order valence-electron chi connectivity index (χ1n) is 5.01. The highest BCUT2D eigenvalue weighted by molar-refractivity contribution is 5.75. The zero-order valence-corrected chi connectivity index (χ0v) is 8.66. The molecule has 0 radical (unpaired) electrons. The van der Waals surface area contributed by atoms with Crippen LogP contribution in [0.3, 0.4) is 0 Å². The van der Waals surface area contributed by atoms with Crippen molar-refractivity contribution in [2.24, 2.45) is 5.73 Å². The van der Waals surface area contributed by atoms with E-state index in [1.807, 2.05) is 0 Å². The van der Waals surface area contributed by atoms with Crippen molar-refractivity contribution in [3.05, 3.63) is 0 Å². The third kappa shape index (κ3) is 3.61. The average molecular weight is 201 g/mol. The van der Waals surface area contributed by atoms with Crippen LogP contribution in [0.4, 0.5) is 0 Å². The summed E-state index contributed by atoms with van der Waals surface area (Å²) in [4.78, 5) is 13.2. The molecule has 1 rings (SSSR count). The first-order chi connectivity index (χ1) is 6.76. The van der Waals surface area contributed by atoms with Crippen molar-refractivity contribution in [3.63, 3.8) is 0 Å². The van der Waals surface area contributed by atoms with Crippen molar-refractivity contribution in [2.45, 2.75) is 12.5 Å². The molecule has 0 aliphatic carbocycles. The lowest BCUT2D eigenvalue weighted by Gasteiger charge is -2.31. The fraction of sp³-hybridized carbons (Fsp3) is 0.889. The second-order valence-electron chi connectivity index (χ2n) is 3.45. The summed E-state index contributed by atoms with van der Waals surface area (Å²) in [6, 6.07) is 0. The van der Waals surface area contributed by atoms with Gasteiger partial charge >= 0.3 is 0 Å². The number of carbonyl (C=O) groups is 1. The number of amides is 1. The second kappa shape index (κ2) is 5.95. The maximum Gasteiger partial charge on any atom is 0.221 e. The molecule has 1 amide bonds. The Morgan fingerprint density at radius 2 is 2.50 bits per heavy atom. The smallest absolute Gasteiger partial charge is 0.221 e. The van der Waals surface area contributed by atoms with Crippen molar-refractivity contribution >= 4 is 5.91 Å². The summed E-state index contributed by atoms with van der Waals surface area (Å²) < 4.78 is 5.42. The third-order valence-electron chi connectivity index (χ3n) is 2.42. The lowest BCUT2D eigenvalue weighted by molar-refractivity contribution is -0.121. The summed E-state index contributed by atoms with van der Waals surface area (Å²) in [5, 5.41) is 2.61. The quantitative estimate of drug-likeness (QED) is 0.598. The van der Waals surface area contributed by atoms with Gasteiger partial charge in [0.2, 0.25) is 5.91 Å². The van der Waals surface area contributed by atoms with E-state index in [9.17, 15) is 4.79 Å². The number of ether oxygens (including phenoxy) is 1. The SMILES string of the molecule is CNC(=O)CCN1CCOC(CN)C1. The van der Waals surface area contributed by atoms with Crippen LogP contribution < -0.4 is 11.1 Å². The van der Waals surface area contributed by atoms with E-state index in [0.717, 1.165) is 26.2 Å².